The summed E-state index contributed by atoms with van der Waals surface area (Å²) in [6.45, 7) is -1.10. The highest BCUT2D eigenvalue weighted by molar-refractivity contribution is 5.95. The van der Waals surface area contributed by atoms with Gasteiger partial charge in [-0.1, -0.05) is 0 Å². The summed E-state index contributed by atoms with van der Waals surface area (Å²) in [5, 5.41) is 17.5. The third-order valence-corrected chi connectivity index (χ3v) is 1.95. The van der Waals surface area contributed by atoms with Gasteiger partial charge in [0.2, 0.25) is 5.82 Å². The fraction of sp³-hybridized carbons (Fsp3) is 0.300. The Balaban J connectivity index is 3.02. The number of aliphatic hydroxyl groups excluding tert-OH is 2. The quantitative estimate of drug-likeness (QED) is 0.671. The third kappa shape index (κ3) is 3.11. The van der Waals surface area contributed by atoms with Crippen molar-refractivity contribution in [2.24, 2.45) is 5.73 Å². The van der Waals surface area contributed by atoms with Crippen LogP contribution in [0.3, 0.4) is 0 Å². The van der Waals surface area contributed by atoms with E-state index in [2.05, 4.69) is 0 Å². The van der Waals surface area contributed by atoms with E-state index in [1.807, 2.05) is 0 Å². The molecule has 0 spiro atoms. The van der Waals surface area contributed by atoms with E-state index in [-0.39, 0.29) is 5.56 Å². The second-order valence-electron chi connectivity index (χ2n) is 3.25. The summed E-state index contributed by atoms with van der Waals surface area (Å²) in [5.41, 5.74) is 4.61. The van der Waals surface area contributed by atoms with Crippen LogP contribution in [0.2, 0.25) is 0 Å². The fourth-order valence-electron chi connectivity index (χ4n) is 1.10. The molecule has 0 aliphatic carbocycles. The van der Waals surface area contributed by atoms with Gasteiger partial charge in [-0.2, -0.15) is 4.39 Å². The van der Waals surface area contributed by atoms with Crippen molar-refractivity contribution < 1.29 is 28.5 Å². The zero-order valence-electron chi connectivity index (χ0n) is 8.69. The number of hydrogen-bond donors (Lipinski definition) is 3. The molecule has 1 rings (SSSR count). The topological polar surface area (TPSA) is 92.8 Å². The number of aliphatic hydroxyl groups is 2. The molecule has 0 aliphatic rings. The van der Waals surface area contributed by atoms with E-state index in [0.717, 1.165) is 12.1 Å². The molecule has 0 saturated heterocycles. The van der Waals surface area contributed by atoms with Crippen molar-refractivity contribution >= 4 is 5.91 Å². The van der Waals surface area contributed by atoms with Crippen LogP contribution >= 0.6 is 0 Å². The van der Waals surface area contributed by atoms with Crippen LogP contribution in [-0.4, -0.2) is 35.4 Å². The number of primary amides is 1. The Bertz CT molecular complexity index is 425. The number of nitrogens with two attached hydrogens (primary N) is 1. The van der Waals surface area contributed by atoms with Gasteiger partial charge in [0.15, 0.2) is 11.6 Å². The number of carbonyl (C=O) groups excluding carboxylic acids is 1. The first-order chi connectivity index (χ1) is 7.97. The van der Waals surface area contributed by atoms with Gasteiger partial charge in [0, 0.05) is 0 Å². The molecule has 0 radical (unpaired) electrons. The molecule has 0 aromatic heterocycles. The molecule has 0 bridgehead atoms. The molecule has 1 aromatic rings. The summed E-state index contributed by atoms with van der Waals surface area (Å²) in [7, 11) is 0. The van der Waals surface area contributed by atoms with Crippen LogP contribution in [0.1, 0.15) is 10.4 Å². The van der Waals surface area contributed by atoms with E-state index in [4.69, 9.17) is 20.7 Å². The molecular weight excluding hydrogens is 236 g/mol. The molecule has 1 unspecified atom stereocenters. The first-order valence-corrected chi connectivity index (χ1v) is 4.67. The largest absolute Gasteiger partial charge is 0.487 e. The van der Waals surface area contributed by atoms with Crippen LogP contribution in [0.4, 0.5) is 8.78 Å². The van der Waals surface area contributed by atoms with E-state index in [0.29, 0.717) is 0 Å². The van der Waals surface area contributed by atoms with E-state index in [1.165, 1.54) is 0 Å². The highest BCUT2D eigenvalue weighted by Gasteiger charge is 2.19. The summed E-state index contributed by atoms with van der Waals surface area (Å²) < 4.78 is 31.0. The molecule has 17 heavy (non-hydrogen) atoms. The lowest BCUT2D eigenvalue weighted by molar-refractivity contribution is 0.0516. The lowest BCUT2D eigenvalue weighted by Gasteiger charge is -2.13. The molecular formula is C10H11F2NO4. The Hall–Kier alpha value is -1.73. The van der Waals surface area contributed by atoms with Gasteiger partial charge in [0.25, 0.3) is 5.91 Å². The molecule has 1 amide bonds. The molecule has 4 N–H and O–H groups in total. The lowest BCUT2D eigenvalue weighted by Crippen LogP contribution is -2.23. The minimum absolute atomic E-state index is 0.339. The maximum absolute atomic E-state index is 13.3. The Morgan fingerprint density at radius 3 is 2.65 bits per heavy atom. The Kier molecular flexibility index (Phi) is 4.36. The number of carbonyl (C=O) groups is 1. The van der Waals surface area contributed by atoms with E-state index in [9.17, 15) is 13.6 Å². The van der Waals surface area contributed by atoms with Crippen molar-refractivity contribution in [2.45, 2.75) is 6.10 Å². The number of ether oxygens (including phenoxy) is 1. The van der Waals surface area contributed by atoms with E-state index < -0.39 is 42.6 Å². The van der Waals surface area contributed by atoms with E-state index in [1.54, 1.807) is 0 Å². The third-order valence-electron chi connectivity index (χ3n) is 1.95. The predicted octanol–water partition coefficient (Wildman–Crippen LogP) is -0.204. The van der Waals surface area contributed by atoms with Crippen molar-refractivity contribution in [3.05, 3.63) is 29.3 Å². The van der Waals surface area contributed by atoms with Crippen LogP contribution < -0.4 is 10.5 Å². The zero-order valence-corrected chi connectivity index (χ0v) is 8.69. The number of hydrogen-bond acceptors (Lipinski definition) is 4. The van der Waals surface area contributed by atoms with Gasteiger partial charge in [-0.25, -0.2) is 4.39 Å². The minimum Gasteiger partial charge on any atom is -0.487 e. The van der Waals surface area contributed by atoms with Gasteiger partial charge in [-0.3, -0.25) is 4.79 Å². The highest BCUT2D eigenvalue weighted by atomic mass is 19.2. The molecule has 0 fully saturated rings. The Morgan fingerprint density at radius 2 is 2.12 bits per heavy atom. The number of amides is 1. The van der Waals surface area contributed by atoms with Gasteiger partial charge in [-0.15, -0.1) is 0 Å². The standard InChI is InChI=1S/C10H11F2NO4/c11-7-2-1-6(10(13)16)9(8(7)12)17-4-5(15)3-14/h1-2,5,14-15H,3-4H2,(H2,13,16). The molecule has 0 heterocycles. The van der Waals surface area contributed by atoms with Crippen LogP contribution in [0.15, 0.2) is 12.1 Å². The predicted molar refractivity (Wildman–Crippen MR) is 53.5 cm³/mol. The summed E-state index contributed by atoms with van der Waals surface area (Å²) in [6, 6.07) is 1.71. The fourth-order valence-corrected chi connectivity index (χ4v) is 1.10. The number of halogens is 2. The van der Waals surface area contributed by atoms with Crippen LogP contribution in [0.25, 0.3) is 0 Å². The molecule has 94 valence electrons. The molecule has 1 atom stereocenters. The van der Waals surface area contributed by atoms with Gasteiger partial charge in [0.1, 0.15) is 12.7 Å². The van der Waals surface area contributed by atoms with Gasteiger partial charge in [0.05, 0.1) is 12.2 Å². The summed E-state index contributed by atoms with van der Waals surface area (Å²) >= 11 is 0. The summed E-state index contributed by atoms with van der Waals surface area (Å²) in [4.78, 5) is 10.9. The van der Waals surface area contributed by atoms with Crippen LogP contribution in [-0.2, 0) is 0 Å². The first kappa shape index (κ1) is 13.3. The zero-order chi connectivity index (χ0) is 13.0. The smallest absolute Gasteiger partial charge is 0.252 e. The van der Waals surface area contributed by atoms with Crippen LogP contribution in [0.5, 0.6) is 5.75 Å². The highest BCUT2D eigenvalue weighted by Crippen LogP contribution is 2.25. The van der Waals surface area contributed by atoms with Crippen LogP contribution in [0, 0.1) is 11.6 Å². The summed E-state index contributed by atoms with van der Waals surface area (Å²) in [6.07, 6.45) is -1.27. The normalized spacial score (nSPS) is 12.2. The van der Waals surface area contributed by atoms with Crippen molar-refractivity contribution in [2.75, 3.05) is 13.2 Å². The summed E-state index contributed by atoms with van der Waals surface area (Å²) in [5.74, 6) is -4.24. The Labute approximate surface area is 95.4 Å². The monoisotopic (exact) mass is 247 g/mol. The molecule has 7 heteroatoms. The second kappa shape index (κ2) is 5.55. The van der Waals surface area contributed by atoms with Crippen molar-refractivity contribution in [3.8, 4) is 5.75 Å². The number of benzene rings is 1. The van der Waals surface area contributed by atoms with Crippen molar-refractivity contribution in [3.63, 3.8) is 0 Å². The van der Waals surface area contributed by atoms with Gasteiger partial charge < -0.3 is 20.7 Å². The van der Waals surface area contributed by atoms with Gasteiger partial charge >= 0.3 is 0 Å². The SMILES string of the molecule is NC(=O)c1ccc(F)c(F)c1OCC(O)CO. The number of rotatable bonds is 5. The average molecular weight is 247 g/mol. The minimum atomic E-state index is -1.37. The lowest BCUT2D eigenvalue weighted by atomic mass is 10.1. The maximum atomic E-state index is 13.3. The molecule has 5 nitrogen and oxygen atoms in total. The van der Waals surface area contributed by atoms with Crippen molar-refractivity contribution in [1.82, 2.24) is 0 Å². The molecule has 1 aromatic carbocycles. The van der Waals surface area contributed by atoms with Crippen molar-refractivity contribution in [1.29, 1.82) is 0 Å². The first-order valence-electron chi connectivity index (χ1n) is 4.67. The van der Waals surface area contributed by atoms with Gasteiger partial charge in [-0.05, 0) is 12.1 Å². The average Bonchev–Trinajstić information content (AvgIpc) is 2.30. The maximum Gasteiger partial charge on any atom is 0.252 e. The molecule has 0 aliphatic heterocycles. The Morgan fingerprint density at radius 1 is 1.47 bits per heavy atom. The second-order valence-corrected chi connectivity index (χ2v) is 3.25. The molecule has 0 saturated carbocycles. The van der Waals surface area contributed by atoms with E-state index >= 15 is 0 Å².